The first kappa shape index (κ1) is 18.2. The summed E-state index contributed by atoms with van der Waals surface area (Å²) < 4.78 is 20.5. The van der Waals surface area contributed by atoms with Crippen LogP contribution in [-0.2, 0) is 24.3 Å². The molecule has 0 saturated carbocycles. The molecule has 3 aromatic rings. The van der Waals surface area contributed by atoms with Gasteiger partial charge in [-0.3, -0.25) is 9.59 Å². The molecule has 0 unspecified atom stereocenters. The highest BCUT2D eigenvalue weighted by molar-refractivity contribution is 5.77. The summed E-state index contributed by atoms with van der Waals surface area (Å²) in [6.07, 6.45) is 0.624. The Balaban J connectivity index is 1.53. The van der Waals surface area contributed by atoms with Crippen molar-refractivity contribution in [2.45, 2.75) is 33.4 Å². The second-order valence-corrected chi connectivity index (χ2v) is 7.07. The first-order chi connectivity index (χ1) is 13.4. The van der Waals surface area contributed by atoms with Crippen LogP contribution < -0.4 is 5.43 Å². The number of rotatable bonds is 3. The third-order valence-corrected chi connectivity index (χ3v) is 5.15. The number of amides is 1. The van der Waals surface area contributed by atoms with E-state index in [4.69, 9.17) is 4.52 Å². The van der Waals surface area contributed by atoms with Gasteiger partial charge in [0, 0.05) is 41.2 Å². The Labute approximate surface area is 161 Å². The van der Waals surface area contributed by atoms with E-state index in [-0.39, 0.29) is 23.7 Å². The molecule has 0 radical (unpaired) electrons. The molecule has 7 heteroatoms. The fraction of sp³-hybridized carbons (Fsp3) is 0.286. The minimum absolute atomic E-state index is 0.0353. The fourth-order valence-corrected chi connectivity index (χ4v) is 3.64. The number of aryl methyl sites for hydroxylation is 2. The van der Waals surface area contributed by atoms with Gasteiger partial charge in [-0.1, -0.05) is 5.16 Å². The Hall–Kier alpha value is -3.22. The van der Waals surface area contributed by atoms with Crippen molar-refractivity contribution in [3.63, 3.8) is 0 Å². The van der Waals surface area contributed by atoms with Crippen LogP contribution in [-0.4, -0.2) is 27.1 Å². The minimum atomic E-state index is -0.304. The van der Waals surface area contributed by atoms with Crippen LogP contribution in [0.4, 0.5) is 4.39 Å². The molecule has 0 fully saturated rings. The van der Waals surface area contributed by atoms with Crippen LogP contribution in [0.1, 0.15) is 22.6 Å². The van der Waals surface area contributed by atoms with Gasteiger partial charge in [0.25, 0.3) is 0 Å². The van der Waals surface area contributed by atoms with Gasteiger partial charge in [0.1, 0.15) is 18.1 Å². The molecule has 0 bridgehead atoms. The highest BCUT2D eigenvalue weighted by Gasteiger charge is 2.27. The van der Waals surface area contributed by atoms with Gasteiger partial charge < -0.3 is 14.0 Å². The molecule has 0 aliphatic carbocycles. The second kappa shape index (κ2) is 7.07. The molecule has 4 rings (SSSR count). The molecule has 28 heavy (non-hydrogen) atoms. The lowest BCUT2D eigenvalue weighted by Gasteiger charge is -2.27. The molecule has 1 aromatic carbocycles. The molecule has 1 amide bonds. The maximum Gasteiger partial charge on any atom is 0.242 e. The first-order valence-electron chi connectivity index (χ1n) is 9.11. The van der Waals surface area contributed by atoms with Crippen molar-refractivity contribution < 1.29 is 13.7 Å². The molecule has 0 saturated heterocycles. The molecule has 1 aliphatic heterocycles. The maximum absolute atomic E-state index is 13.2. The van der Waals surface area contributed by atoms with E-state index in [9.17, 15) is 14.0 Å². The third-order valence-electron chi connectivity index (χ3n) is 5.15. The summed E-state index contributed by atoms with van der Waals surface area (Å²) >= 11 is 0. The van der Waals surface area contributed by atoms with Gasteiger partial charge in [-0.25, -0.2) is 4.39 Å². The maximum atomic E-state index is 13.2. The average Bonchev–Trinajstić information content (AvgIpc) is 3.08. The lowest BCUT2D eigenvalue weighted by atomic mass is 10.0. The Morgan fingerprint density at radius 1 is 1.18 bits per heavy atom. The number of hydrogen-bond donors (Lipinski definition) is 0. The van der Waals surface area contributed by atoms with E-state index < -0.39 is 0 Å². The zero-order chi connectivity index (χ0) is 19.8. The summed E-state index contributed by atoms with van der Waals surface area (Å²) in [4.78, 5) is 26.1. The number of carbonyl (C=O) groups is 1. The van der Waals surface area contributed by atoms with E-state index >= 15 is 0 Å². The Morgan fingerprint density at radius 2 is 1.86 bits per heavy atom. The zero-order valence-corrected chi connectivity index (χ0v) is 15.7. The SMILES string of the molecule is Cc1cc(=O)cc(C)n1CC(=O)N1CCc2c(noc2-c2ccc(F)cc2)C1. The lowest BCUT2D eigenvalue weighted by Crippen LogP contribution is -2.38. The van der Waals surface area contributed by atoms with Crippen molar-refractivity contribution in [2.24, 2.45) is 0 Å². The second-order valence-electron chi connectivity index (χ2n) is 7.07. The van der Waals surface area contributed by atoms with Crippen LogP contribution in [0.5, 0.6) is 0 Å². The largest absolute Gasteiger partial charge is 0.356 e. The van der Waals surface area contributed by atoms with Gasteiger partial charge in [0.05, 0.1) is 6.54 Å². The summed E-state index contributed by atoms with van der Waals surface area (Å²) in [5, 5.41) is 4.13. The van der Waals surface area contributed by atoms with E-state index in [1.165, 1.54) is 24.3 Å². The Morgan fingerprint density at radius 3 is 2.54 bits per heavy atom. The van der Waals surface area contributed by atoms with E-state index in [1.54, 1.807) is 17.0 Å². The average molecular weight is 381 g/mol. The van der Waals surface area contributed by atoms with Gasteiger partial charge in [0.15, 0.2) is 11.2 Å². The van der Waals surface area contributed by atoms with Crippen molar-refractivity contribution in [2.75, 3.05) is 6.54 Å². The number of fused-ring (bicyclic) bond motifs is 1. The van der Waals surface area contributed by atoms with Crippen LogP contribution >= 0.6 is 0 Å². The standard InChI is InChI=1S/C21H20FN3O3/c1-13-9-17(26)10-14(2)25(13)12-20(27)24-8-7-18-19(11-24)23-28-21(18)15-3-5-16(22)6-4-15/h3-6,9-10H,7-8,11-12H2,1-2H3. The highest BCUT2D eigenvalue weighted by Crippen LogP contribution is 2.30. The van der Waals surface area contributed by atoms with Gasteiger partial charge >= 0.3 is 0 Å². The van der Waals surface area contributed by atoms with Crippen LogP contribution in [0.2, 0.25) is 0 Å². The van der Waals surface area contributed by atoms with Gasteiger partial charge in [-0.2, -0.15) is 0 Å². The predicted octanol–water partition coefficient (Wildman–Crippen LogP) is 2.84. The van der Waals surface area contributed by atoms with Gasteiger partial charge in [0.2, 0.25) is 5.91 Å². The summed E-state index contributed by atoms with van der Waals surface area (Å²) in [5.41, 5.74) is 3.93. The molecule has 144 valence electrons. The van der Waals surface area contributed by atoms with E-state index in [0.29, 0.717) is 25.3 Å². The van der Waals surface area contributed by atoms with Crippen molar-refractivity contribution in [3.8, 4) is 11.3 Å². The minimum Gasteiger partial charge on any atom is -0.356 e. The lowest BCUT2D eigenvalue weighted by molar-refractivity contribution is -0.132. The van der Waals surface area contributed by atoms with Gasteiger partial charge in [-0.05, 0) is 44.5 Å². The first-order valence-corrected chi connectivity index (χ1v) is 9.11. The smallest absolute Gasteiger partial charge is 0.242 e. The Kier molecular flexibility index (Phi) is 4.58. The molecular formula is C21H20FN3O3. The summed E-state index contributed by atoms with van der Waals surface area (Å²) in [6, 6.07) is 9.16. The number of halogens is 1. The molecule has 0 atom stereocenters. The van der Waals surface area contributed by atoms with E-state index in [0.717, 1.165) is 28.2 Å². The van der Waals surface area contributed by atoms with Crippen LogP contribution in [0, 0.1) is 19.7 Å². The molecule has 0 spiro atoms. The summed E-state index contributed by atoms with van der Waals surface area (Å²) in [5.74, 6) is 0.294. The molecule has 2 aromatic heterocycles. The normalized spacial score (nSPS) is 13.5. The number of aromatic nitrogens is 2. The predicted molar refractivity (Wildman–Crippen MR) is 101 cm³/mol. The van der Waals surface area contributed by atoms with Crippen LogP contribution in [0.15, 0.2) is 45.7 Å². The topological polar surface area (TPSA) is 68.3 Å². The van der Waals surface area contributed by atoms with Crippen LogP contribution in [0.25, 0.3) is 11.3 Å². The zero-order valence-electron chi connectivity index (χ0n) is 15.7. The summed E-state index contributed by atoms with van der Waals surface area (Å²) in [6.45, 7) is 4.75. The highest BCUT2D eigenvalue weighted by atomic mass is 19.1. The van der Waals surface area contributed by atoms with Gasteiger partial charge in [-0.15, -0.1) is 0 Å². The van der Waals surface area contributed by atoms with Crippen molar-refractivity contribution >= 4 is 5.91 Å². The third kappa shape index (κ3) is 3.35. The quantitative estimate of drug-likeness (QED) is 0.700. The van der Waals surface area contributed by atoms with Crippen molar-refractivity contribution in [1.29, 1.82) is 0 Å². The van der Waals surface area contributed by atoms with Crippen molar-refractivity contribution in [1.82, 2.24) is 14.6 Å². The number of hydrogen-bond acceptors (Lipinski definition) is 4. The molecule has 3 heterocycles. The number of benzene rings is 1. The number of pyridine rings is 1. The Bertz CT molecular complexity index is 1070. The van der Waals surface area contributed by atoms with E-state index in [1.807, 2.05) is 18.4 Å². The summed E-state index contributed by atoms with van der Waals surface area (Å²) in [7, 11) is 0. The number of carbonyl (C=O) groups excluding carboxylic acids is 1. The molecular weight excluding hydrogens is 361 g/mol. The monoisotopic (exact) mass is 381 g/mol. The van der Waals surface area contributed by atoms with Crippen LogP contribution in [0.3, 0.4) is 0 Å². The molecule has 6 nitrogen and oxygen atoms in total. The fourth-order valence-electron chi connectivity index (χ4n) is 3.64. The number of nitrogens with zero attached hydrogens (tertiary/aromatic N) is 3. The molecule has 0 N–H and O–H groups in total. The molecule has 1 aliphatic rings. The van der Waals surface area contributed by atoms with E-state index in [2.05, 4.69) is 5.16 Å². The van der Waals surface area contributed by atoms with Crippen molar-refractivity contribution in [3.05, 3.63) is 75.1 Å².